The third-order valence-corrected chi connectivity index (χ3v) is 3.70. The predicted octanol–water partition coefficient (Wildman–Crippen LogP) is 1.92. The van der Waals surface area contributed by atoms with E-state index in [9.17, 15) is 9.59 Å². The van der Waals surface area contributed by atoms with Crippen LogP contribution in [0.5, 0.6) is 0 Å². The number of nitrogens with zero attached hydrogens (tertiary/aromatic N) is 3. The summed E-state index contributed by atoms with van der Waals surface area (Å²) in [6.07, 6.45) is 2.47. The molecule has 0 saturated carbocycles. The molecule has 0 aliphatic carbocycles. The number of benzene rings is 1. The SMILES string of the molecule is CC(=O)N(CCC(=O)N1CCCC1)c1ccc(C#N)cc1. The minimum atomic E-state index is -0.103. The first-order chi connectivity index (χ1) is 10.1. The fraction of sp³-hybridized carbons (Fsp3) is 0.438. The zero-order valence-corrected chi connectivity index (χ0v) is 12.2. The van der Waals surface area contributed by atoms with Crippen molar-refractivity contribution in [2.45, 2.75) is 26.2 Å². The van der Waals surface area contributed by atoms with Crippen molar-refractivity contribution in [1.29, 1.82) is 5.26 Å². The Labute approximate surface area is 124 Å². The van der Waals surface area contributed by atoms with Crippen LogP contribution >= 0.6 is 0 Å². The lowest BCUT2D eigenvalue weighted by Gasteiger charge is -2.22. The van der Waals surface area contributed by atoms with Gasteiger partial charge in [0.1, 0.15) is 0 Å². The molecule has 110 valence electrons. The lowest BCUT2D eigenvalue weighted by atomic mass is 10.2. The van der Waals surface area contributed by atoms with E-state index in [-0.39, 0.29) is 11.8 Å². The first-order valence-corrected chi connectivity index (χ1v) is 7.18. The van der Waals surface area contributed by atoms with Crippen LogP contribution in [0.15, 0.2) is 24.3 Å². The van der Waals surface area contributed by atoms with Gasteiger partial charge in [0, 0.05) is 38.7 Å². The van der Waals surface area contributed by atoms with Crippen LogP contribution < -0.4 is 4.90 Å². The predicted molar refractivity (Wildman–Crippen MR) is 79.6 cm³/mol. The molecule has 0 radical (unpaired) electrons. The molecule has 1 aliphatic rings. The van der Waals surface area contributed by atoms with Crippen LogP contribution in [0.4, 0.5) is 5.69 Å². The topological polar surface area (TPSA) is 64.4 Å². The van der Waals surface area contributed by atoms with Gasteiger partial charge in [0.2, 0.25) is 11.8 Å². The minimum absolute atomic E-state index is 0.103. The molecule has 0 aromatic heterocycles. The Kier molecular flexibility index (Phi) is 4.94. The number of carbonyl (C=O) groups excluding carboxylic acids is 2. The van der Waals surface area contributed by atoms with Gasteiger partial charge < -0.3 is 9.80 Å². The van der Waals surface area contributed by atoms with E-state index < -0.39 is 0 Å². The van der Waals surface area contributed by atoms with Gasteiger partial charge in [0.25, 0.3) is 0 Å². The summed E-state index contributed by atoms with van der Waals surface area (Å²) in [5.74, 6) is 0.00123. The van der Waals surface area contributed by atoms with Crippen molar-refractivity contribution >= 4 is 17.5 Å². The van der Waals surface area contributed by atoms with Gasteiger partial charge in [-0.2, -0.15) is 5.26 Å². The monoisotopic (exact) mass is 285 g/mol. The van der Waals surface area contributed by atoms with E-state index in [2.05, 4.69) is 0 Å². The van der Waals surface area contributed by atoms with E-state index in [1.54, 1.807) is 29.2 Å². The van der Waals surface area contributed by atoms with Crippen LogP contribution in [0.2, 0.25) is 0 Å². The fourth-order valence-corrected chi connectivity index (χ4v) is 2.52. The summed E-state index contributed by atoms with van der Waals surface area (Å²) in [6, 6.07) is 8.87. The van der Waals surface area contributed by atoms with Gasteiger partial charge in [-0.25, -0.2) is 0 Å². The van der Waals surface area contributed by atoms with E-state index in [4.69, 9.17) is 5.26 Å². The maximum Gasteiger partial charge on any atom is 0.224 e. The van der Waals surface area contributed by atoms with Gasteiger partial charge in [-0.05, 0) is 37.1 Å². The molecule has 0 spiro atoms. The lowest BCUT2D eigenvalue weighted by molar-refractivity contribution is -0.129. The Morgan fingerprint density at radius 2 is 1.86 bits per heavy atom. The Morgan fingerprint density at radius 1 is 1.24 bits per heavy atom. The van der Waals surface area contributed by atoms with E-state index in [1.807, 2.05) is 11.0 Å². The quantitative estimate of drug-likeness (QED) is 0.849. The smallest absolute Gasteiger partial charge is 0.224 e. The first-order valence-electron chi connectivity index (χ1n) is 7.18. The van der Waals surface area contributed by atoms with E-state index in [0.29, 0.717) is 18.5 Å². The van der Waals surface area contributed by atoms with Crippen molar-refractivity contribution < 1.29 is 9.59 Å². The summed E-state index contributed by atoms with van der Waals surface area (Å²) < 4.78 is 0. The summed E-state index contributed by atoms with van der Waals surface area (Å²) >= 11 is 0. The fourth-order valence-electron chi connectivity index (χ4n) is 2.52. The zero-order chi connectivity index (χ0) is 15.2. The first kappa shape index (κ1) is 15.0. The van der Waals surface area contributed by atoms with Gasteiger partial charge in [0.05, 0.1) is 11.6 Å². The lowest BCUT2D eigenvalue weighted by Crippen LogP contribution is -2.35. The summed E-state index contributed by atoms with van der Waals surface area (Å²) in [4.78, 5) is 27.3. The van der Waals surface area contributed by atoms with Crippen molar-refractivity contribution in [2.75, 3.05) is 24.5 Å². The Hall–Kier alpha value is -2.35. The second-order valence-corrected chi connectivity index (χ2v) is 5.17. The van der Waals surface area contributed by atoms with Crippen LogP contribution in [-0.4, -0.2) is 36.3 Å². The van der Waals surface area contributed by atoms with Gasteiger partial charge >= 0.3 is 0 Å². The molecule has 1 fully saturated rings. The second kappa shape index (κ2) is 6.89. The average Bonchev–Trinajstić information content (AvgIpc) is 3.02. The van der Waals surface area contributed by atoms with Crippen LogP contribution in [0, 0.1) is 11.3 Å². The highest BCUT2D eigenvalue weighted by Gasteiger charge is 2.20. The summed E-state index contributed by atoms with van der Waals surface area (Å²) in [7, 11) is 0. The van der Waals surface area contributed by atoms with Crippen molar-refractivity contribution in [1.82, 2.24) is 4.90 Å². The number of carbonyl (C=O) groups is 2. The van der Waals surface area contributed by atoms with Gasteiger partial charge in [-0.1, -0.05) is 0 Å². The molecule has 21 heavy (non-hydrogen) atoms. The molecule has 5 heteroatoms. The van der Waals surface area contributed by atoms with Gasteiger partial charge in [-0.15, -0.1) is 0 Å². The highest BCUT2D eigenvalue weighted by molar-refractivity contribution is 5.92. The molecule has 0 atom stereocenters. The van der Waals surface area contributed by atoms with E-state index in [0.717, 1.165) is 31.6 Å². The van der Waals surface area contributed by atoms with Gasteiger partial charge in [-0.3, -0.25) is 9.59 Å². The Morgan fingerprint density at radius 3 is 2.38 bits per heavy atom. The molecular weight excluding hydrogens is 266 g/mol. The summed E-state index contributed by atoms with van der Waals surface area (Å²) in [5.41, 5.74) is 1.27. The molecule has 0 unspecified atom stereocenters. The molecule has 1 aromatic carbocycles. The number of anilines is 1. The highest BCUT2D eigenvalue weighted by atomic mass is 16.2. The van der Waals surface area contributed by atoms with Crippen molar-refractivity contribution in [3.8, 4) is 6.07 Å². The number of hydrogen-bond donors (Lipinski definition) is 0. The number of hydrogen-bond acceptors (Lipinski definition) is 3. The minimum Gasteiger partial charge on any atom is -0.343 e. The zero-order valence-electron chi connectivity index (χ0n) is 12.2. The second-order valence-electron chi connectivity index (χ2n) is 5.17. The molecule has 1 aliphatic heterocycles. The molecule has 1 heterocycles. The molecule has 2 amide bonds. The third-order valence-electron chi connectivity index (χ3n) is 3.70. The number of amides is 2. The molecule has 5 nitrogen and oxygen atoms in total. The van der Waals surface area contributed by atoms with Crippen LogP contribution in [-0.2, 0) is 9.59 Å². The third kappa shape index (κ3) is 3.82. The van der Waals surface area contributed by atoms with E-state index >= 15 is 0 Å². The highest BCUT2D eigenvalue weighted by Crippen LogP contribution is 2.17. The number of likely N-dealkylation sites (tertiary alicyclic amines) is 1. The maximum atomic E-state index is 12.0. The van der Waals surface area contributed by atoms with Crippen molar-refractivity contribution in [3.05, 3.63) is 29.8 Å². The number of nitriles is 1. The van der Waals surface area contributed by atoms with E-state index in [1.165, 1.54) is 6.92 Å². The Bertz CT molecular complexity index is 554. The van der Waals surface area contributed by atoms with Crippen molar-refractivity contribution in [3.63, 3.8) is 0 Å². The molecule has 1 aromatic rings. The standard InChI is InChI=1S/C16H19N3O2/c1-13(20)19(15-6-4-14(12-17)5-7-15)11-8-16(21)18-9-2-3-10-18/h4-7H,2-3,8-11H2,1H3. The summed E-state index contributed by atoms with van der Waals surface area (Å²) in [6.45, 7) is 3.51. The Balaban J connectivity index is 2.00. The number of rotatable bonds is 4. The van der Waals surface area contributed by atoms with Crippen molar-refractivity contribution in [2.24, 2.45) is 0 Å². The molecular formula is C16H19N3O2. The van der Waals surface area contributed by atoms with Crippen LogP contribution in [0.1, 0.15) is 31.7 Å². The summed E-state index contributed by atoms with van der Waals surface area (Å²) in [5, 5.41) is 8.79. The maximum absolute atomic E-state index is 12.0. The largest absolute Gasteiger partial charge is 0.343 e. The molecule has 0 bridgehead atoms. The average molecular weight is 285 g/mol. The van der Waals surface area contributed by atoms with Crippen LogP contribution in [0.3, 0.4) is 0 Å². The van der Waals surface area contributed by atoms with Crippen LogP contribution in [0.25, 0.3) is 0 Å². The molecule has 1 saturated heterocycles. The molecule has 0 N–H and O–H groups in total. The van der Waals surface area contributed by atoms with Gasteiger partial charge in [0.15, 0.2) is 0 Å². The molecule has 2 rings (SSSR count). The normalized spacial score (nSPS) is 13.8.